The molecule has 1 amide bonds. The van der Waals surface area contributed by atoms with Gasteiger partial charge in [-0.15, -0.1) is 0 Å². The van der Waals surface area contributed by atoms with Gasteiger partial charge in [0.05, 0.1) is 29.5 Å². The minimum atomic E-state index is -3.56. The molecule has 0 aliphatic carbocycles. The smallest absolute Gasteiger partial charge is 0.277 e. The fourth-order valence-electron chi connectivity index (χ4n) is 3.67. The molecule has 2 heterocycles. The van der Waals surface area contributed by atoms with Crippen LogP contribution in [0.5, 0.6) is 0 Å². The Morgan fingerprint density at radius 1 is 1.03 bits per heavy atom. The van der Waals surface area contributed by atoms with Crippen molar-refractivity contribution in [2.24, 2.45) is 10.9 Å². The highest BCUT2D eigenvalue weighted by atomic mass is 32.2. The van der Waals surface area contributed by atoms with Gasteiger partial charge in [0.25, 0.3) is 5.91 Å². The third-order valence-electron chi connectivity index (χ3n) is 5.13. The number of sulfonamides is 1. The number of amides is 1. The Balaban J connectivity index is 1.63. The van der Waals surface area contributed by atoms with Crippen LogP contribution in [0.4, 0.5) is 11.4 Å². The molecule has 8 heteroatoms. The molecule has 2 aliphatic rings. The summed E-state index contributed by atoms with van der Waals surface area (Å²) in [7, 11) is -3.56. The van der Waals surface area contributed by atoms with Crippen LogP contribution in [-0.2, 0) is 19.6 Å². The summed E-state index contributed by atoms with van der Waals surface area (Å²) in [5, 5.41) is 0. The number of carbonyl (C=O) groups excluding carboxylic acids is 1. The lowest BCUT2D eigenvalue weighted by atomic mass is 10.1. The molecular formula is C22H25N3O4S. The van der Waals surface area contributed by atoms with Gasteiger partial charge in [0, 0.05) is 25.2 Å². The van der Waals surface area contributed by atoms with Gasteiger partial charge in [-0.05, 0) is 36.2 Å². The van der Waals surface area contributed by atoms with Crippen LogP contribution in [0.2, 0.25) is 0 Å². The molecule has 0 saturated carbocycles. The van der Waals surface area contributed by atoms with Crippen molar-refractivity contribution < 1.29 is 17.9 Å². The first kappa shape index (κ1) is 20.7. The second kappa shape index (κ2) is 8.29. The molecule has 0 atom stereocenters. The summed E-state index contributed by atoms with van der Waals surface area (Å²) >= 11 is 0. The number of ether oxygens (including phenoxy) is 1. The maximum absolute atomic E-state index is 13.0. The second-order valence-electron chi connectivity index (χ2n) is 7.80. The predicted octanol–water partition coefficient (Wildman–Crippen LogP) is 2.83. The molecule has 158 valence electrons. The number of hydrogen-bond donors (Lipinski definition) is 0. The van der Waals surface area contributed by atoms with Crippen molar-refractivity contribution >= 4 is 33.0 Å². The lowest BCUT2D eigenvalue weighted by Crippen LogP contribution is -2.40. The lowest BCUT2D eigenvalue weighted by Gasteiger charge is -2.26. The largest absolute Gasteiger partial charge is 0.379 e. The molecular weight excluding hydrogens is 402 g/mol. The molecule has 0 N–H and O–H groups in total. The average molecular weight is 428 g/mol. The maximum Gasteiger partial charge on any atom is 0.277 e. The zero-order valence-electron chi connectivity index (χ0n) is 17.1. The number of morpholine rings is 1. The number of para-hydroxylation sites is 1. The van der Waals surface area contributed by atoms with E-state index in [-0.39, 0.29) is 10.8 Å². The van der Waals surface area contributed by atoms with E-state index >= 15 is 0 Å². The first-order chi connectivity index (χ1) is 14.4. The van der Waals surface area contributed by atoms with Gasteiger partial charge in [0.15, 0.2) is 0 Å². The van der Waals surface area contributed by atoms with Gasteiger partial charge in [-0.1, -0.05) is 32.0 Å². The molecule has 1 saturated heterocycles. The van der Waals surface area contributed by atoms with Crippen molar-refractivity contribution in [3.05, 3.63) is 54.1 Å². The summed E-state index contributed by atoms with van der Waals surface area (Å²) in [6.45, 7) is 6.26. The minimum Gasteiger partial charge on any atom is -0.379 e. The zero-order chi connectivity index (χ0) is 21.3. The molecule has 4 rings (SSSR count). The highest BCUT2D eigenvalue weighted by molar-refractivity contribution is 7.89. The maximum atomic E-state index is 13.0. The van der Waals surface area contributed by atoms with Crippen molar-refractivity contribution in [2.45, 2.75) is 18.7 Å². The molecule has 2 aliphatic heterocycles. The third kappa shape index (κ3) is 3.90. The van der Waals surface area contributed by atoms with Gasteiger partial charge >= 0.3 is 0 Å². The first-order valence-corrected chi connectivity index (χ1v) is 11.5. The summed E-state index contributed by atoms with van der Waals surface area (Å²) in [5.41, 5.74) is 2.59. The van der Waals surface area contributed by atoms with Gasteiger partial charge in [-0.25, -0.2) is 13.4 Å². The normalized spacial score (nSPS) is 19.0. The molecule has 0 bridgehead atoms. The lowest BCUT2D eigenvalue weighted by molar-refractivity contribution is -0.112. The Morgan fingerprint density at radius 3 is 2.37 bits per heavy atom. The molecule has 2 aromatic rings. The molecule has 7 nitrogen and oxygen atoms in total. The summed E-state index contributed by atoms with van der Waals surface area (Å²) in [4.78, 5) is 19.6. The molecule has 0 radical (unpaired) electrons. The van der Waals surface area contributed by atoms with Crippen LogP contribution < -0.4 is 4.90 Å². The van der Waals surface area contributed by atoms with Crippen LogP contribution in [0.3, 0.4) is 0 Å². The Bertz CT molecular complexity index is 1070. The summed E-state index contributed by atoms with van der Waals surface area (Å²) in [6.07, 6.45) is 0. The highest BCUT2D eigenvalue weighted by Gasteiger charge is 2.34. The molecule has 1 fully saturated rings. The number of carbonyl (C=O) groups is 1. The van der Waals surface area contributed by atoms with Gasteiger partial charge in [0.2, 0.25) is 10.0 Å². The predicted molar refractivity (Wildman–Crippen MR) is 116 cm³/mol. The zero-order valence-corrected chi connectivity index (χ0v) is 17.9. The molecule has 2 aromatic carbocycles. The van der Waals surface area contributed by atoms with Crippen LogP contribution in [0.1, 0.15) is 19.4 Å². The van der Waals surface area contributed by atoms with Gasteiger partial charge in [-0.2, -0.15) is 4.31 Å². The number of hydrogen-bond acceptors (Lipinski definition) is 5. The number of fused-ring (bicyclic) bond motifs is 1. The third-order valence-corrected chi connectivity index (χ3v) is 7.04. The quantitative estimate of drug-likeness (QED) is 0.735. The number of aliphatic imine (C=N–C) groups is 1. The molecule has 0 aromatic heterocycles. The van der Waals surface area contributed by atoms with Crippen molar-refractivity contribution in [1.29, 1.82) is 0 Å². The van der Waals surface area contributed by atoms with E-state index in [9.17, 15) is 13.2 Å². The second-order valence-corrected chi connectivity index (χ2v) is 9.74. The van der Waals surface area contributed by atoms with E-state index in [1.165, 1.54) is 4.31 Å². The Labute approximate surface area is 177 Å². The van der Waals surface area contributed by atoms with Crippen LogP contribution in [0.25, 0.3) is 0 Å². The fraction of sp³-hybridized carbons (Fsp3) is 0.364. The van der Waals surface area contributed by atoms with E-state index in [2.05, 4.69) is 18.8 Å². The van der Waals surface area contributed by atoms with Gasteiger partial charge < -0.3 is 9.64 Å². The minimum absolute atomic E-state index is 0.130. The summed E-state index contributed by atoms with van der Waals surface area (Å²) in [6, 6.07) is 14.0. The summed E-state index contributed by atoms with van der Waals surface area (Å²) in [5.74, 6) is 0.195. The number of anilines is 1. The molecule has 0 spiro atoms. The number of rotatable bonds is 5. The van der Waals surface area contributed by atoms with E-state index in [4.69, 9.17) is 4.74 Å². The fourth-order valence-corrected chi connectivity index (χ4v) is 5.08. The van der Waals surface area contributed by atoms with E-state index in [0.717, 1.165) is 11.3 Å². The van der Waals surface area contributed by atoms with Crippen molar-refractivity contribution in [3.8, 4) is 0 Å². The van der Waals surface area contributed by atoms with E-state index in [1.807, 2.05) is 24.3 Å². The Kier molecular flexibility index (Phi) is 5.73. The molecule has 0 unspecified atom stereocenters. The van der Waals surface area contributed by atoms with Crippen LogP contribution in [0, 0.1) is 5.92 Å². The first-order valence-electron chi connectivity index (χ1n) is 10.1. The van der Waals surface area contributed by atoms with Crippen molar-refractivity contribution in [2.75, 3.05) is 37.7 Å². The van der Waals surface area contributed by atoms with E-state index < -0.39 is 10.0 Å². The van der Waals surface area contributed by atoms with Crippen LogP contribution >= 0.6 is 0 Å². The highest BCUT2D eigenvalue weighted by Crippen LogP contribution is 2.31. The summed E-state index contributed by atoms with van der Waals surface area (Å²) < 4.78 is 32.2. The standard InChI is InChI=1S/C22H25N3O4S/c1-16(2)15-25-20-6-4-3-5-19(20)21(22(25)26)23-17-7-9-18(10-8-17)30(27,28)24-11-13-29-14-12-24/h3-10,16H,11-15H2,1-2H3. The van der Waals surface area contributed by atoms with Gasteiger partial charge in [0.1, 0.15) is 5.71 Å². The van der Waals surface area contributed by atoms with E-state index in [0.29, 0.717) is 50.2 Å². The SMILES string of the molecule is CC(C)CN1C(=O)C(=Nc2ccc(S(=O)(=O)N3CCOCC3)cc2)c2ccccc21. The Morgan fingerprint density at radius 2 is 1.70 bits per heavy atom. The average Bonchev–Trinajstić information content (AvgIpc) is 3.00. The Hall–Kier alpha value is -2.55. The number of benzene rings is 2. The van der Waals surface area contributed by atoms with Crippen molar-refractivity contribution in [1.82, 2.24) is 4.31 Å². The van der Waals surface area contributed by atoms with E-state index in [1.54, 1.807) is 29.2 Å². The van der Waals surface area contributed by atoms with Gasteiger partial charge in [-0.3, -0.25) is 4.79 Å². The monoisotopic (exact) mass is 427 g/mol. The van der Waals surface area contributed by atoms with Crippen LogP contribution in [0.15, 0.2) is 58.4 Å². The topological polar surface area (TPSA) is 79.3 Å². The van der Waals surface area contributed by atoms with Crippen molar-refractivity contribution in [3.63, 3.8) is 0 Å². The molecule has 30 heavy (non-hydrogen) atoms. The van der Waals surface area contributed by atoms with Crippen LogP contribution in [-0.4, -0.2) is 57.2 Å². The number of nitrogens with zero attached hydrogens (tertiary/aromatic N) is 3.